The Morgan fingerprint density at radius 3 is 1.25 bits per heavy atom. The van der Waals surface area contributed by atoms with Gasteiger partial charge in [-0.3, -0.25) is 9.13 Å². The first-order valence-corrected chi connectivity index (χ1v) is 16.6. The Labute approximate surface area is 222 Å². The number of allylic oxidation sites excluding steroid dienone is 6. The molecule has 0 N–H and O–H groups in total. The van der Waals surface area contributed by atoms with E-state index in [9.17, 15) is 9.13 Å². The van der Waals surface area contributed by atoms with Crippen LogP contribution in [0.15, 0.2) is 34.9 Å². The van der Waals surface area contributed by atoms with Crippen molar-refractivity contribution in [3.05, 3.63) is 34.9 Å². The zero-order valence-corrected chi connectivity index (χ0v) is 26.8. The van der Waals surface area contributed by atoms with Crippen LogP contribution in [-0.2, 0) is 27.2 Å². The van der Waals surface area contributed by atoms with Gasteiger partial charge in [-0.05, 0) is 115 Å². The number of hydrogen-bond donors (Lipinski definition) is 0. The molecule has 0 heterocycles. The summed E-state index contributed by atoms with van der Waals surface area (Å²) in [6.07, 6.45) is 9.09. The van der Waals surface area contributed by atoms with Crippen LogP contribution in [0.3, 0.4) is 0 Å². The van der Waals surface area contributed by atoms with E-state index in [2.05, 4.69) is 32.9 Å². The van der Waals surface area contributed by atoms with Crippen molar-refractivity contribution in [2.45, 2.75) is 145 Å². The largest absolute Gasteiger partial charge is 0.346 e. The van der Waals surface area contributed by atoms with Crippen molar-refractivity contribution in [2.75, 3.05) is 0 Å². The monoisotopic (exact) mass is 548 g/mol. The summed E-state index contributed by atoms with van der Waals surface area (Å²) in [5.74, 6) is 0. The van der Waals surface area contributed by atoms with E-state index >= 15 is 0 Å². The third kappa shape index (κ3) is 15.1. The zero-order chi connectivity index (χ0) is 28.1. The van der Waals surface area contributed by atoms with Crippen molar-refractivity contribution in [1.29, 1.82) is 0 Å². The lowest BCUT2D eigenvalue weighted by Gasteiger charge is -2.35. The molecule has 0 aliphatic rings. The van der Waals surface area contributed by atoms with Gasteiger partial charge in [0.15, 0.2) is 5.40 Å². The van der Waals surface area contributed by atoms with Crippen molar-refractivity contribution in [1.82, 2.24) is 0 Å². The van der Waals surface area contributed by atoms with Gasteiger partial charge in [0.2, 0.25) is 0 Å². The van der Waals surface area contributed by atoms with Crippen LogP contribution in [0.4, 0.5) is 0 Å². The minimum Gasteiger partial charge on any atom is -0.305 e. The third-order valence-corrected chi connectivity index (χ3v) is 11.4. The molecule has 0 aromatic heterocycles. The minimum absolute atomic E-state index is 0.211. The SMILES string of the molecule is CC(C)=CCC/C(C)=C/CC/C(C)=C/CC(P(=O)(OC(C)C)OC(C)C)P(=O)(OC(C)C)OC(C)C. The maximum absolute atomic E-state index is 14.2. The van der Waals surface area contributed by atoms with Crippen molar-refractivity contribution in [3.63, 3.8) is 0 Å². The van der Waals surface area contributed by atoms with E-state index in [0.29, 0.717) is 0 Å². The Morgan fingerprint density at radius 2 is 0.917 bits per heavy atom. The fourth-order valence-corrected chi connectivity index (χ4v) is 9.36. The summed E-state index contributed by atoms with van der Waals surface area (Å²) in [6.45, 7) is 22.8. The molecule has 0 atom stereocenters. The van der Waals surface area contributed by atoms with Crippen LogP contribution in [0.2, 0.25) is 0 Å². The van der Waals surface area contributed by atoms with E-state index in [0.717, 1.165) is 31.3 Å². The van der Waals surface area contributed by atoms with Gasteiger partial charge < -0.3 is 18.1 Å². The van der Waals surface area contributed by atoms with Gasteiger partial charge in [-0.15, -0.1) is 0 Å². The minimum atomic E-state index is -3.87. The van der Waals surface area contributed by atoms with Crippen molar-refractivity contribution in [2.24, 2.45) is 0 Å². The average Bonchev–Trinajstić information content (AvgIpc) is 2.64. The van der Waals surface area contributed by atoms with Gasteiger partial charge in [0.25, 0.3) is 0 Å². The summed E-state index contributed by atoms with van der Waals surface area (Å²) in [5, 5.41) is -1.06. The average molecular weight is 549 g/mol. The molecule has 0 spiro atoms. The number of rotatable bonds is 18. The first-order chi connectivity index (χ1) is 16.5. The van der Waals surface area contributed by atoms with E-state index in [1.165, 1.54) is 11.1 Å². The molecule has 0 aromatic rings. The molecule has 0 bridgehead atoms. The van der Waals surface area contributed by atoms with E-state index in [-0.39, 0.29) is 30.8 Å². The molecular formula is C28H54O6P2. The molecule has 0 rings (SSSR count). The Kier molecular flexibility index (Phi) is 16.9. The molecule has 0 aliphatic heterocycles. The van der Waals surface area contributed by atoms with Gasteiger partial charge in [-0.2, -0.15) is 0 Å². The fraction of sp³-hybridized carbons (Fsp3) is 0.786. The lowest BCUT2D eigenvalue weighted by atomic mass is 10.1. The Hall–Kier alpha value is -0.480. The topological polar surface area (TPSA) is 71.1 Å². The second-order valence-corrected chi connectivity index (χ2v) is 15.5. The molecule has 0 amide bonds. The second kappa shape index (κ2) is 17.2. The second-order valence-electron chi connectivity index (χ2n) is 10.9. The first-order valence-electron chi connectivity index (χ1n) is 13.4. The molecule has 212 valence electrons. The highest BCUT2D eigenvalue weighted by Gasteiger charge is 2.52. The molecule has 6 nitrogen and oxygen atoms in total. The third-order valence-electron chi connectivity index (χ3n) is 4.96. The standard InChI is InChI=1S/C28H54O6P2/c1-21(2)15-13-16-26(11)17-14-18-27(12)19-20-28(35(29,31-22(3)4)32-23(5)6)36(30,33-24(7)8)34-25(9)10/h15,17,19,22-25,28H,13-14,16,18,20H2,1-12H3/b26-17+,27-19+. The van der Waals surface area contributed by atoms with Crippen molar-refractivity contribution in [3.8, 4) is 0 Å². The normalized spacial score (nSPS) is 14.1. The highest BCUT2D eigenvalue weighted by Crippen LogP contribution is 2.73. The van der Waals surface area contributed by atoms with Crippen LogP contribution < -0.4 is 0 Å². The van der Waals surface area contributed by atoms with Gasteiger partial charge in [-0.25, -0.2) is 0 Å². The van der Waals surface area contributed by atoms with Crippen LogP contribution in [0.1, 0.15) is 115 Å². The van der Waals surface area contributed by atoms with Gasteiger partial charge >= 0.3 is 15.2 Å². The summed E-state index contributed by atoms with van der Waals surface area (Å²) in [7, 11) is -7.74. The van der Waals surface area contributed by atoms with Crippen LogP contribution in [0.25, 0.3) is 0 Å². The van der Waals surface area contributed by atoms with Crippen molar-refractivity contribution < 1.29 is 27.2 Å². The fourth-order valence-electron chi connectivity index (χ4n) is 3.58. The molecule has 0 radical (unpaired) electrons. The smallest absolute Gasteiger partial charge is 0.305 e. The molecule has 0 fully saturated rings. The highest BCUT2D eigenvalue weighted by molar-refractivity contribution is 7.72. The maximum Gasteiger partial charge on any atom is 0.346 e. The molecule has 0 saturated carbocycles. The first kappa shape index (κ1) is 35.5. The van der Waals surface area contributed by atoms with Crippen LogP contribution in [0.5, 0.6) is 0 Å². The molecule has 8 heteroatoms. The van der Waals surface area contributed by atoms with E-state index < -0.39 is 20.6 Å². The Bertz CT molecular complexity index is 754. The van der Waals surface area contributed by atoms with Gasteiger partial charge in [0.05, 0.1) is 24.4 Å². The van der Waals surface area contributed by atoms with Gasteiger partial charge in [0, 0.05) is 0 Å². The summed E-state index contributed by atoms with van der Waals surface area (Å²) in [4.78, 5) is 0. The molecule has 0 aliphatic carbocycles. The lowest BCUT2D eigenvalue weighted by Crippen LogP contribution is -2.23. The zero-order valence-electron chi connectivity index (χ0n) is 25.0. The van der Waals surface area contributed by atoms with Crippen LogP contribution in [0, 0.1) is 0 Å². The summed E-state index contributed by atoms with van der Waals surface area (Å²) >= 11 is 0. The van der Waals surface area contributed by atoms with E-state index in [1.807, 2.05) is 13.0 Å². The van der Waals surface area contributed by atoms with E-state index in [1.54, 1.807) is 55.4 Å². The molecule has 0 unspecified atom stereocenters. The lowest BCUT2D eigenvalue weighted by molar-refractivity contribution is 0.122. The highest BCUT2D eigenvalue weighted by atomic mass is 31.2. The predicted molar refractivity (Wildman–Crippen MR) is 154 cm³/mol. The van der Waals surface area contributed by atoms with Gasteiger partial charge in [-0.1, -0.05) is 34.9 Å². The van der Waals surface area contributed by atoms with E-state index in [4.69, 9.17) is 18.1 Å². The van der Waals surface area contributed by atoms with Gasteiger partial charge in [0.1, 0.15) is 0 Å². The maximum atomic E-state index is 14.2. The predicted octanol–water partition coefficient (Wildman–Crippen LogP) is 10.2. The molecule has 36 heavy (non-hydrogen) atoms. The summed E-state index contributed by atoms with van der Waals surface area (Å²) in [6, 6.07) is 0. The Morgan fingerprint density at radius 1 is 0.583 bits per heavy atom. The Balaban J connectivity index is 5.97. The quantitative estimate of drug-likeness (QED) is 0.125. The van der Waals surface area contributed by atoms with Crippen LogP contribution in [-0.4, -0.2) is 29.8 Å². The molecule has 0 aromatic carbocycles. The van der Waals surface area contributed by atoms with Crippen molar-refractivity contribution >= 4 is 15.2 Å². The van der Waals surface area contributed by atoms with Crippen LogP contribution >= 0.6 is 15.2 Å². The summed E-state index contributed by atoms with van der Waals surface area (Å²) in [5.41, 5.74) is 3.84. The number of hydrogen-bond acceptors (Lipinski definition) is 6. The summed E-state index contributed by atoms with van der Waals surface area (Å²) < 4.78 is 51.9. The molecule has 0 saturated heterocycles. The molecular weight excluding hydrogens is 494 g/mol.